The molecule has 0 unspecified atom stereocenters. The summed E-state index contributed by atoms with van der Waals surface area (Å²) < 4.78 is 49.3. The molecule has 35 heavy (non-hydrogen) atoms. The van der Waals surface area contributed by atoms with Crippen LogP contribution >= 0.6 is 0 Å². The summed E-state index contributed by atoms with van der Waals surface area (Å²) in [5.74, 6) is 0.746. The van der Waals surface area contributed by atoms with Crippen LogP contribution in [-0.4, -0.2) is 40.1 Å². The Morgan fingerprint density at radius 1 is 0.857 bits per heavy atom. The maximum Gasteiger partial charge on any atom is 0.184 e. The van der Waals surface area contributed by atoms with E-state index in [4.69, 9.17) is 18.9 Å². The van der Waals surface area contributed by atoms with E-state index < -0.39 is 22.2 Å². The minimum absolute atomic E-state index is 0.0752. The van der Waals surface area contributed by atoms with Gasteiger partial charge in [0.2, 0.25) is 0 Å². The van der Waals surface area contributed by atoms with Crippen molar-refractivity contribution in [2.75, 3.05) is 19.5 Å². The van der Waals surface area contributed by atoms with Crippen molar-refractivity contribution in [2.24, 2.45) is 0 Å². The Kier molecular flexibility index (Phi) is 8.93. The lowest BCUT2D eigenvalue weighted by atomic mass is 10.1. The van der Waals surface area contributed by atoms with Gasteiger partial charge in [-0.05, 0) is 42.7 Å². The fraction of sp³-hybridized carbons (Fsp3) is 0.357. The molecule has 7 heteroatoms. The Morgan fingerprint density at radius 2 is 1.51 bits per heavy atom. The lowest BCUT2D eigenvalue weighted by Gasteiger charge is -2.36. The van der Waals surface area contributed by atoms with E-state index in [0.29, 0.717) is 24.5 Å². The van der Waals surface area contributed by atoms with E-state index in [1.54, 1.807) is 31.4 Å². The van der Waals surface area contributed by atoms with Gasteiger partial charge in [-0.25, -0.2) is 8.42 Å². The van der Waals surface area contributed by atoms with Crippen molar-refractivity contribution in [2.45, 2.75) is 49.3 Å². The standard InChI is InChI=1S/C28H32O6S/c1-31-24-16-14-22(15-17-24)20-32-18-8-11-25-19-26(21-35(29,30)27-12-6-3-7-13-27)34-28(33-25)23-9-4-2-5-10-23/h2-7,9-10,12-17,25-26,28H,8,11,18-21H2,1H3/t25-,26-,28-/m1/s1. The highest BCUT2D eigenvalue weighted by Gasteiger charge is 2.34. The van der Waals surface area contributed by atoms with Crippen molar-refractivity contribution in [3.63, 3.8) is 0 Å². The number of benzene rings is 3. The third-order valence-corrected chi connectivity index (χ3v) is 7.78. The zero-order valence-electron chi connectivity index (χ0n) is 19.9. The summed E-state index contributed by atoms with van der Waals surface area (Å²) in [4.78, 5) is 0.315. The second-order valence-corrected chi connectivity index (χ2v) is 10.7. The Morgan fingerprint density at radius 3 is 2.20 bits per heavy atom. The summed E-state index contributed by atoms with van der Waals surface area (Å²) >= 11 is 0. The van der Waals surface area contributed by atoms with Gasteiger partial charge in [-0.3, -0.25) is 0 Å². The summed E-state index contributed by atoms with van der Waals surface area (Å²) in [5, 5.41) is 0. The molecule has 1 aliphatic rings. The molecule has 186 valence electrons. The molecule has 3 aromatic carbocycles. The van der Waals surface area contributed by atoms with Crippen LogP contribution in [0.5, 0.6) is 5.75 Å². The van der Waals surface area contributed by atoms with Gasteiger partial charge in [0.15, 0.2) is 16.1 Å². The number of ether oxygens (including phenoxy) is 4. The minimum atomic E-state index is -3.47. The average molecular weight is 497 g/mol. The largest absolute Gasteiger partial charge is 0.497 e. The lowest BCUT2D eigenvalue weighted by molar-refractivity contribution is -0.244. The van der Waals surface area contributed by atoms with Crippen LogP contribution in [0.25, 0.3) is 0 Å². The fourth-order valence-electron chi connectivity index (χ4n) is 4.14. The van der Waals surface area contributed by atoms with Gasteiger partial charge < -0.3 is 18.9 Å². The molecule has 0 N–H and O–H groups in total. The number of hydrogen-bond donors (Lipinski definition) is 0. The van der Waals surface area contributed by atoms with E-state index >= 15 is 0 Å². The average Bonchev–Trinajstić information content (AvgIpc) is 2.89. The number of sulfone groups is 1. The Labute approximate surface area is 207 Å². The fourth-order valence-corrected chi connectivity index (χ4v) is 5.61. The van der Waals surface area contributed by atoms with Crippen LogP contribution in [-0.2, 0) is 30.7 Å². The van der Waals surface area contributed by atoms with Crippen LogP contribution < -0.4 is 4.74 Å². The quantitative estimate of drug-likeness (QED) is 0.334. The van der Waals surface area contributed by atoms with Crippen molar-refractivity contribution in [1.82, 2.24) is 0 Å². The van der Waals surface area contributed by atoms with Crippen LogP contribution in [0.15, 0.2) is 89.8 Å². The number of rotatable bonds is 11. The van der Waals surface area contributed by atoms with Gasteiger partial charge in [-0.2, -0.15) is 0 Å². The van der Waals surface area contributed by atoms with Gasteiger partial charge in [0, 0.05) is 18.6 Å². The van der Waals surface area contributed by atoms with Gasteiger partial charge in [-0.1, -0.05) is 60.7 Å². The summed E-state index contributed by atoms with van der Waals surface area (Å²) in [6.07, 6.45) is 0.927. The third-order valence-electron chi connectivity index (χ3n) is 5.98. The first kappa shape index (κ1) is 25.4. The first-order valence-electron chi connectivity index (χ1n) is 11.9. The monoisotopic (exact) mass is 496 g/mol. The smallest absolute Gasteiger partial charge is 0.184 e. The Balaban J connectivity index is 1.33. The van der Waals surface area contributed by atoms with Crippen molar-refractivity contribution in [3.05, 3.63) is 96.1 Å². The maximum atomic E-state index is 13.0. The third kappa shape index (κ3) is 7.39. The molecule has 0 radical (unpaired) electrons. The van der Waals surface area contributed by atoms with Crippen LogP contribution in [0, 0.1) is 0 Å². The summed E-state index contributed by atoms with van der Waals surface area (Å²) in [7, 11) is -1.82. The lowest BCUT2D eigenvalue weighted by Crippen LogP contribution is -2.37. The minimum Gasteiger partial charge on any atom is -0.497 e. The van der Waals surface area contributed by atoms with E-state index in [9.17, 15) is 8.42 Å². The van der Waals surface area contributed by atoms with Crippen LogP contribution in [0.2, 0.25) is 0 Å². The van der Waals surface area contributed by atoms with E-state index in [1.165, 1.54) is 0 Å². The molecule has 4 rings (SSSR count). The van der Waals surface area contributed by atoms with Gasteiger partial charge in [0.25, 0.3) is 0 Å². The van der Waals surface area contributed by atoms with Gasteiger partial charge in [0.05, 0.1) is 36.6 Å². The number of methoxy groups -OCH3 is 1. The van der Waals surface area contributed by atoms with Crippen LogP contribution in [0.1, 0.15) is 36.7 Å². The molecule has 1 heterocycles. The molecule has 0 aromatic heterocycles. The van der Waals surface area contributed by atoms with Gasteiger partial charge in [-0.15, -0.1) is 0 Å². The van der Waals surface area contributed by atoms with E-state index in [1.807, 2.05) is 60.7 Å². The van der Waals surface area contributed by atoms with Crippen molar-refractivity contribution in [1.29, 1.82) is 0 Å². The highest BCUT2D eigenvalue weighted by atomic mass is 32.2. The van der Waals surface area contributed by atoms with Crippen LogP contribution in [0.3, 0.4) is 0 Å². The highest BCUT2D eigenvalue weighted by molar-refractivity contribution is 7.91. The molecule has 0 aliphatic carbocycles. The van der Waals surface area contributed by atoms with Crippen molar-refractivity contribution in [3.8, 4) is 5.75 Å². The molecule has 3 atom stereocenters. The Bertz CT molecular complexity index is 1130. The number of hydrogen-bond acceptors (Lipinski definition) is 6. The maximum absolute atomic E-state index is 13.0. The summed E-state index contributed by atoms with van der Waals surface area (Å²) in [5.41, 5.74) is 1.97. The van der Waals surface area contributed by atoms with Crippen LogP contribution in [0.4, 0.5) is 0 Å². The predicted molar refractivity (Wildman–Crippen MR) is 134 cm³/mol. The first-order valence-corrected chi connectivity index (χ1v) is 13.5. The van der Waals surface area contributed by atoms with E-state index in [-0.39, 0.29) is 11.9 Å². The zero-order chi connectivity index (χ0) is 24.5. The molecular weight excluding hydrogens is 464 g/mol. The molecule has 0 saturated carbocycles. The highest BCUT2D eigenvalue weighted by Crippen LogP contribution is 2.33. The molecule has 3 aromatic rings. The normalized spacial score (nSPS) is 20.4. The topological polar surface area (TPSA) is 71.1 Å². The predicted octanol–water partition coefficient (Wildman–Crippen LogP) is 5.34. The second-order valence-electron chi connectivity index (χ2n) is 8.63. The van der Waals surface area contributed by atoms with Crippen molar-refractivity contribution >= 4 is 9.84 Å². The summed E-state index contributed by atoms with van der Waals surface area (Å²) in [6.45, 7) is 1.12. The molecular formula is C28H32O6S. The SMILES string of the molecule is COc1ccc(COCCC[C@@H]2C[C@H](CS(=O)(=O)c3ccccc3)O[C@H](c3ccccc3)O2)cc1. The zero-order valence-corrected chi connectivity index (χ0v) is 20.7. The molecule has 0 amide bonds. The van der Waals surface area contributed by atoms with Crippen molar-refractivity contribution < 1.29 is 27.4 Å². The van der Waals surface area contributed by atoms with Gasteiger partial charge in [0.1, 0.15) is 5.75 Å². The molecule has 0 bridgehead atoms. The summed E-state index contributed by atoms with van der Waals surface area (Å²) in [6, 6.07) is 26.0. The molecule has 1 saturated heterocycles. The molecule has 0 spiro atoms. The Hall–Kier alpha value is -2.71. The second kappa shape index (κ2) is 12.3. The molecule has 1 aliphatic heterocycles. The van der Waals surface area contributed by atoms with E-state index in [0.717, 1.165) is 29.7 Å². The molecule has 1 fully saturated rings. The van der Waals surface area contributed by atoms with Gasteiger partial charge >= 0.3 is 0 Å². The first-order chi connectivity index (χ1) is 17.0. The van der Waals surface area contributed by atoms with E-state index in [2.05, 4.69) is 0 Å². The molecule has 6 nitrogen and oxygen atoms in total.